The number of piperidine rings is 1. The number of amides is 1. The molecule has 3 N–H and O–H groups in total. The van der Waals surface area contributed by atoms with E-state index in [0.29, 0.717) is 24.9 Å². The van der Waals surface area contributed by atoms with Gasteiger partial charge in [-0.1, -0.05) is 38.1 Å². The standard InChI is InChI=1S/C24H38N4O3S/c1-17(2)18-7-9-19(10-8-18)22-20-5-3-4-6-21(20)24(11-13-25-14-12-24)23(29)28(22)16-15-26-27-32(30)31/h3-6,17-19,22,25-27H,7-16H2,1-2H3,(H,30,31)/p-1. The number of benzene rings is 1. The predicted molar refractivity (Wildman–Crippen MR) is 125 cm³/mol. The van der Waals surface area contributed by atoms with E-state index in [4.69, 9.17) is 0 Å². The number of nitrogens with zero attached hydrogens (tertiary/aromatic N) is 1. The smallest absolute Gasteiger partial charge is 0.233 e. The highest BCUT2D eigenvalue weighted by Gasteiger charge is 2.52. The lowest BCUT2D eigenvalue weighted by Crippen LogP contribution is -2.59. The Bertz CT molecular complexity index is 819. The maximum absolute atomic E-state index is 14.1. The summed E-state index contributed by atoms with van der Waals surface area (Å²) in [6.45, 7) is 7.18. The average Bonchev–Trinajstić information content (AvgIpc) is 2.80. The molecule has 8 heteroatoms. The highest BCUT2D eigenvalue weighted by atomic mass is 32.2. The normalized spacial score (nSPS) is 28.7. The van der Waals surface area contributed by atoms with Gasteiger partial charge in [-0.2, -0.15) is 4.83 Å². The van der Waals surface area contributed by atoms with Crippen molar-refractivity contribution >= 4 is 17.2 Å². The number of carbonyl (C=O) groups excluding carboxylic acids is 1. The number of carbonyl (C=O) groups is 1. The van der Waals surface area contributed by atoms with Crippen LogP contribution >= 0.6 is 0 Å². The topological polar surface area (TPSA) is 96.5 Å². The minimum Gasteiger partial charge on any atom is -0.759 e. The molecule has 1 aliphatic carbocycles. The Morgan fingerprint density at radius 2 is 1.88 bits per heavy atom. The van der Waals surface area contributed by atoms with E-state index in [1.165, 1.54) is 24.0 Å². The van der Waals surface area contributed by atoms with Crippen molar-refractivity contribution in [1.29, 1.82) is 0 Å². The van der Waals surface area contributed by atoms with E-state index in [1.54, 1.807) is 0 Å². The van der Waals surface area contributed by atoms with Gasteiger partial charge in [-0.3, -0.25) is 9.00 Å². The fourth-order valence-corrected chi connectivity index (χ4v) is 6.59. The first kappa shape index (κ1) is 23.8. The molecule has 7 nitrogen and oxygen atoms in total. The first-order chi connectivity index (χ1) is 15.4. The molecular weight excluding hydrogens is 424 g/mol. The minimum atomic E-state index is -2.37. The van der Waals surface area contributed by atoms with Crippen molar-refractivity contribution in [3.05, 3.63) is 35.4 Å². The molecular formula is C24H37N4O3S-. The van der Waals surface area contributed by atoms with Crippen LogP contribution in [0.5, 0.6) is 0 Å². The van der Waals surface area contributed by atoms with Gasteiger partial charge in [-0.05, 0) is 80.5 Å². The zero-order chi connectivity index (χ0) is 22.7. The molecule has 0 bridgehead atoms. The molecule has 4 rings (SSSR count). The van der Waals surface area contributed by atoms with Gasteiger partial charge in [-0.25, -0.2) is 5.43 Å². The molecule has 32 heavy (non-hydrogen) atoms. The zero-order valence-electron chi connectivity index (χ0n) is 19.3. The van der Waals surface area contributed by atoms with Crippen LogP contribution in [0.25, 0.3) is 0 Å². The number of fused-ring (bicyclic) bond motifs is 2. The van der Waals surface area contributed by atoms with E-state index >= 15 is 0 Å². The fourth-order valence-electron chi connectivity index (χ4n) is 6.37. The molecule has 1 spiro atoms. The maximum Gasteiger partial charge on any atom is 0.233 e. The first-order valence-corrected chi connectivity index (χ1v) is 13.2. The lowest BCUT2D eigenvalue weighted by atomic mass is 9.64. The van der Waals surface area contributed by atoms with E-state index in [2.05, 4.69) is 58.6 Å². The molecule has 2 aliphatic heterocycles. The summed E-state index contributed by atoms with van der Waals surface area (Å²) in [5.74, 6) is 2.13. The zero-order valence-corrected chi connectivity index (χ0v) is 20.1. The summed E-state index contributed by atoms with van der Waals surface area (Å²) in [5.41, 5.74) is 4.81. The van der Waals surface area contributed by atoms with Crippen LogP contribution in [0, 0.1) is 17.8 Å². The number of hydrogen-bond donors (Lipinski definition) is 3. The lowest BCUT2D eigenvalue weighted by Gasteiger charge is -2.52. The summed E-state index contributed by atoms with van der Waals surface area (Å²) < 4.78 is 21.7. The monoisotopic (exact) mass is 461 g/mol. The predicted octanol–water partition coefficient (Wildman–Crippen LogP) is 2.54. The molecule has 2 heterocycles. The van der Waals surface area contributed by atoms with Gasteiger partial charge in [0.1, 0.15) is 0 Å². The summed E-state index contributed by atoms with van der Waals surface area (Å²) in [5, 5.41) is 3.42. The van der Waals surface area contributed by atoms with E-state index in [9.17, 15) is 13.6 Å². The second-order valence-electron chi connectivity index (χ2n) is 10.0. The molecule has 2 atom stereocenters. The van der Waals surface area contributed by atoms with Crippen LogP contribution in [-0.2, 0) is 21.5 Å². The lowest BCUT2D eigenvalue weighted by molar-refractivity contribution is -0.145. The third kappa shape index (κ3) is 4.66. The highest BCUT2D eigenvalue weighted by Crippen LogP contribution is 2.51. The van der Waals surface area contributed by atoms with E-state index in [0.717, 1.165) is 44.7 Å². The Balaban J connectivity index is 1.66. The highest BCUT2D eigenvalue weighted by molar-refractivity contribution is 7.76. The summed E-state index contributed by atoms with van der Waals surface area (Å²) >= 11 is -2.37. The van der Waals surface area contributed by atoms with Crippen LogP contribution in [0.15, 0.2) is 24.3 Å². The molecule has 3 aliphatic rings. The van der Waals surface area contributed by atoms with E-state index in [1.807, 2.05) is 0 Å². The van der Waals surface area contributed by atoms with Crippen LogP contribution in [0.3, 0.4) is 0 Å². The van der Waals surface area contributed by atoms with Crippen molar-refractivity contribution in [3.63, 3.8) is 0 Å². The number of hydrazine groups is 1. The van der Waals surface area contributed by atoms with Crippen molar-refractivity contribution in [2.75, 3.05) is 26.2 Å². The Hall–Kier alpha value is -1.32. The summed E-state index contributed by atoms with van der Waals surface area (Å²) in [6, 6.07) is 8.66. The molecule has 1 aromatic carbocycles. The molecule has 1 amide bonds. The quantitative estimate of drug-likeness (QED) is 0.329. The minimum absolute atomic E-state index is 0.0619. The maximum atomic E-state index is 14.1. The fraction of sp³-hybridized carbons (Fsp3) is 0.708. The second-order valence-corrected chi connectivity index (χ2v) is 10.7. The largest absolute Gasteiger partial charge is 0.759 e. The van der Waals surface area contributed by atoms with Gasteiger partial charge in [0.25, 0.3) is 0 Å². The van der Waals surface area contributed by atoms with Gasteiger partial charge in [0.05, 0.1) is 11.5 Å². The van der Waals surface area contributed by atoms with Crippen LogP contribution in [0.2, 0.25) is 0 Å². The summed E-state index contributed by atoms with van der Waals surface area (Å²) in [6.07, 6.45) is 6.32. The Kier molecular flexibility index (Phi) is 7.67. The molecule has 1 saturated carbocycles. The van der Waals surface area contributed by atoms with Gasteiger partial charge < -0.3 is 14.8 Å². The van der Waals surface area contributed by atoms with Crippen molar-refractivity contribution in [2.45, 2.75) is 63.8 Å². The number of nitrogens with one attached hydrogen (secondary N) is 3. The molecule has 0 radical (unpaired) electrons. The number of hydrogen-bond acceptors (Lipinski definition) is 5. The van der Waals surface area contributed by atoms with Gasteiger partial charge in [0.15, 0.2) is 0 Å². The Labute approximate surface area is 194 Å². The van der Waals surface area contributed by atoms with Crippen LogP contribution in [0.1, 0.15) is 69.5 Å². The molecule has 178 valence electrons. The van der Waals surface area contributed by atoms with Gasteiger partial charge >= 0.3 is 0 Å². The second kappa shape index (κ2) is 10.3. The molecule has 2 fully saturated rings. The first-order valence-electron chi connectivity index (χ1n) is 12.1. The average molecular weight is 462 g/mol. The van der Waals surface area contributed by atoms with Crippen LogP contribution in [0.4, 0.5) is 0 Å². The molecule has 1 aromatic rings. The third-order valence-electron chi connectivity index (χ3n) is 8.10. The SMILES string of the molecule is CC(C)C1CCC(C2c3ccccc3C3(CCNCC3)C(=O)N2CCNNS(=O)[O-])CC1. The van der Waals surface area contributed by atoms with Crippen molar-refractivity contribution in [3.8, 4) is 0 Å². The van der Waals surface area contributed by atoms with Crippen LogP contribution < -0.4 is 15.6 Å². The Morgan fingerprint density at radius 3 is 2.53 bits per heavy atom. The summed E-state index contributed by atoms with van der Waals surface area (Å²) in [4.78, 5) is 18.4. The third-order valence-corrected chi connectivity index (χ3v) is 8.41. The van der Waals surface area contributed by atoms with Crippen LogP contribution in [-0.4, -0.2) is 45.7 Å². The van der Waals surface area contributed by atoms with E-state index < -0.39 is 16.7 Å². The molecule has 1 saturated heterocycles. The van der Waals surface area contributed by atoms with Crippen molar-refractivity contribution in [1.82, 2.24) is 20.5 Å². The van der Waals surface area contributed by atoms with Gasteiger partial charge in [0.2, 0.25) is 5.91 Å². The molecule has 0 aromatic heterocycles. The Morgan fingerprint density at radius 1 is 1.19 bits per heavy atom. The van der Waals surface area contributed by atoms with Crippen molar-refractivity contribution in [2.24, 2.45) is 17.8 Å². The summed E-state index contributed by atoms with van der Waals surface area (Å²) in [7, 11) is 0. The van der Waals surface area contributed by atoms with Gasteiger partial charge in [-0.15, -0.1) is 0 Å². The molecule has 2 unspecified atom stereocenters. The number of rotatable bonds is 7. The van der Waals surface area contributed by atoms with Crippen molar-refractivity contribution < 1.29 is 13.6 Å². The van der Waals surface area contributed by atoms with Gasteiger partial charge in [0, 0.05) is 24.4 Å². The van der Waals surface area contributed by atoms with E-state index in [-0.39, 0.29) is 11.9 Å².